The van der Waals surface area contributed by atoms with E-state index in [1.54, 1.807) is 25.3 Å². The number of ether oxygens (including phenoxy) is 1. The molecule has 0 radical (unpaired) electrons. The molecule has 0 saturated carbocycles. The van der Waals surface area contributed by atoms with Crippen LogP contribution in [-0.2, 0) is 6.42 Å². The quantitative estimate of drug-likeness (QED) is 0.662. The van der Waals surface area contributed by atoms with Crippen molar-refractivity contribution < 1.29 is 14.3 Å². The van der Waals surface area contributed by atoms with E-state index in [4.69, 9.17) is 4.74 Å². The second kappa shape index (κ2) is 8.41. The molecule has 0 spiro atoms. The summed E-state index contributed by atoms with van der Waals surface area (Å²) < 4.78 is 5.34. The van der Waals surface area contributed by atoms with Gasteiger partial charge in [-0.1, -0.05) is 42.1 Å². The Balaban J connectivity index is 1.46. The van der Waals surface area contributed by atoms with Gasteiger partial charge in [0.05, 0.1) is 18.4 Å². The number of carbonyl (C=O) groups excluding carboxylic acids is 2. The maximum absolute atomic E-state index is 12.6. The van der Waals surface area contributed by atoms with E-state index in [1.165, 1.54) is 11.8 Å². The largest absolute Gasteiger partial charge is 0.496 e. The molecule has 1 aliphatic heterocycles. The molecule has 0 atom stereocenters. The molecule has 1 aliphatic rings. The highest BCUT2D eigenvalue weighted by atomic mass is 32.2. The Morgan fingerprint density at radius 3 is 2.69 bits per heavy atom. The lowest BCUT2D eigenvalue weighted by atomic mass is 10.1. The van der Waals surface area contributed by atoms with Crippen LogP contribution in [-0.4, -0.2) is 25.5 Å². The molecule has 0 unspecified atom stereocenters. The second-order valence-electron chi connectivity index (χ2n) is 6.58. The predicted molar refractivity (Wildman–Crippen MR) is 114 cm³/mol. The summed E-state index contributed by atoms with van der Waals surface area (Å²) in [7, 11) is 1.64. The fourth-order valence-electron chi connectivity index (χ4n) is 3.23. The zero-order valence-corrected chi connectivity index (χ0v) is 16.7. The van der Waals surface area contributed by atoms with Gasteiger partial charge >= 0.3 is 0 Å². The van der Waals surface area contributed by atoms with Gasteiger partial charge in [-0.05, 0) is 48.4 Å². The fraction of sp³-hybridized carbons (Fsp3) is 0.130. The van der Waals surface area contributed by atoms with Crippen molar-refractivity contribution in [2.45, 2.75) is 16.2 Å². The lowest BCUT2D eigenvalue weighted by molar-refractivity contribution is 0.0952. The van der Waals surface area contributed by atoms with Gasteiger partial charge in [-0.2, -0.15) is 0 Å². The number of amides is 2. The minimum Gasteiger partial charge on any atom is -0.496 e. The number of para-hydroxylation sites is 1. The Morgan fingerprint density at radius 2 is 1.83 bits per heavy atom. The van der Waals surface area contributed by atoms with E-state index in [1.807, 2.05) is 48.5 Å². The van der Waals surface area contributed by atoms with Crippen molar-refractivity contribution in [2.24, 2.45) is 0 Å². The molecule has 146 valence electrons. The van der Waals surface area contributed by atoms with E-state index in [0.717, 1.165) is 21.1 Å². The highest BCUT2D eigenvalue weighted by Crippen LogP contribution is 2.38. The lowest BCUT2D eigenvalue weighted by Crippen LogP contribution is -2.26. The van der Waals surface area contributed by atoms with Crippen LogP contribution in [0.5, 0.6) is 5.75 Å². The van der Waals surface area contributed by atoms with Gasteiger partial charge in [-0.25, -0.2) is 0 Å². The molecule has 29 heavy (non-hydrogen) atoms. The molecule has 2 amide bonds. The Labute approximate surface area is 173 Å². The van der Waals surface area contributed by atoms with E-state index < -0.39 is 0 Å². The third-order valence-electron chi connectivity index (χ3n) is 4.71. The third-order valence-corrected chi connectivity index (χ3v) is 5.87. The lowest BCUT2D eigenvalue weighted by Gasteiger charge is -2.11. The Morgan fingerprint density at radius 1 is 1.03 bits per heavy atom. The van der Waals surface area contributed by atoms with Crippen LogP contribution in [0.1, 0.15) is 26.3 Å². The first-order chi connectivity index (χ1) is 14.2. The zero-order chi connectivity index (χ0) is 20.2. The highest BCUT2D eigenvalue weighted by Gasteiger charge is 2.20. The summed E-state index contributed by atoms with van der Waals surface area (Å²) in [6, 6.07) is 20.6. The summed E-state index contributed by atoms with van der Waals surface area (Å²) in [6.07, 6.45) is 0.669. The van der Waals surface area contributed by atoms with Crippen LogP contribution >= 0.6 is 11.8 Å². The fourth-order valence-corrected chi connectivity index (χ4v) is 4.24. The van der Waals surface area contributed by atoms with Crippen LogP contribution in [0.4, 0.5) is 5.69 Å². The third kappa shape index (κ3) is 4.12. The molecule has 3 aromatic rings. The van der Waals surface area contributed by atoms with E-state index >= 15 is 0 Å². The molecule has 0 saturated heterocycles. The van der Waals surface area contributed by atoms with Crippen LogP contribution in [0.2, 0.25) is 0 Å². The Hall–Kier alpha value is -3.25. The minimum absolute atomic E-state index is 0.166. The number of carbonyl (C=O) groups is 2. The average Bonchev–Trinajstić information content (AvgIpc) is 2.89. The summed E-state index contributed by atoms with van der Waals surface area (Å²) in [5, 5.41) is 5.85. The van der Waals surface area contributed by atoms with Crippen LogP contribution in [0.3, 0.4) is 0 Å². The zero-order valence-electron chi connectivity index (χ0n) is 15.9. The van der Waals surface area contributed by atoms with Crippen LogP contribution in [0.25, 0.3) is 0 Å². The smallest absolute Gasteiger partial charge is 0.256 e. The van der Waals surface area contributed by atoms with Gasteiger partial charge in [-0.3, -0.25) is 9.59 Å². The number of nitrogens with one attached hydrogen (secondary N) is 2. The van der Waals surface area contributed by atoms with Crippen LogP contribution in [0, 0.1) is 0 Å². The van der Waals surface area contributed by atoms with Crippen LogP contribution in [0.15, 0.2) is 76.5 Å². The minimum atomic E-state index is -0.177. The summed E-state index contributed by atoms with van der Waals surface area (Å²) in [5.41, 5.74) is 2.83. The summed E-state index contributed by atoms with van der Waals surface area (Å²) in [5.74, 6) is 0.468. The monoisotopic (exact) mass is 404 g/mol. The van der Waals surface area contributed by atoms with Crippen molar-refractivity contribution in [1.29, 1.82) is 0 Å². The van der Waals surface area contributed by atoms with Crippen molar-refractivity contribution >= 4 is 29.3 Å². The molecule has 0 fully saturated rings. The normalized spacial score (nSPS) is 12.2. The average molecular weight is 404 g/mol. The number of anilines is 1. The molecular formula is C23H20N2O3S. The van der Waals surface area contributed by atoms with E-state index in [0.29, 0.717) is 29.8 Å². The van der Waals surface area contributed by atoms with Gasteiger partial charge in [0.25, 0.3) is 11.8 Å². The Kier molecular flexibility index (Phi) is 5.53. The highest BCUT2D eigenvalue weighted by molar-refractivity contribution is 7.99. The summed E-state index contributed by atoms with van der Waals surface area (Å²) >= 11 is 1.52. The van der Waals surface area contributed by atoms with Crippen molar-refractivity contribution in [3.8, 4) is 5.75 Å². The van der Waals surface area contributed by atoms with E-state index in [2.05, 4.69) is 10.6 Å². The molecule has 6 heteroatoms. The van der Waals surface area contributed by atoms with Gasteiger partial charge in [-0.15, -0.1) is 0 Å². The van der Waals surface area contributed by atoms with Crippen molar-refractivity contribution in [3.05, 3.63) is 83.4 Å². The standard InChI is InChI=1S/C23H20N2O3S/c1-28-19-8-4-2-6-15(19)12-13-24-22(26)16-10-11-21-18(14-16)25-23(27)17-7-3-5-9-20(17)29-21/h2-11,14H,12-13H2,1H3,(H,24,26)(H,25,27). The number of benzene rings is 3. The van der Waals surface area contributed by atoms with Gasteiger partial charge in [0.2, 0.25) is 0 Å². The molecule has 0 aliphatic carbocycles. The molecular weight excluding hydrogens is 384 g/mol. The van der Waals surface area contributed by atoms with Gasteiger partial charge in [0, 0.05) is 21.9 Å². The first-order valence-electron chi connectivity index (χ1n) is 9.28. The van der Waals surface area contributed by atoms with Crippen molar-refractivity contribution in [3.63, 3.8) is 0 Å². The van der Waals surface area contributed by atoms with Crippen molar-refractivity contribution in [2.75, 3.05) is 19.0 Å². The van der Waals surface area contributed by atoms with Crippen molar-refractivity contribution in [1.82, 2.24) is 5.32 Å². The topological polar surface area (TPSA) is 67.4 Å². The maximum Gasteiger partial charge on any atom is 0.256 e. The van der Waals surface area contributed by atoms with E-state index in [-0.39, 0.29) is 11.8 Å². The second-order valence-corrected chi connectivity index (χ2v) is 7.66. The van der Waals surface area contributed by atoms with E-state index in [9.17, 15) is 9.59 Å². The number of methoxy groups -OCH3 is 1. The van der Waals surface area contributed by atoms with Gasteiger partial charge < -0.3 is 15.4 Å². The first-order valence-corrected chi connectivity index (χ1v) is 10.1. The maximum atomic E-state index is 12.6. The molecule has 3 aromatic carbocycles. The molecule has 0 bridgehead atoms. The number of fused-ring (bicyclic) bond motifs is 2. The van der Waals surface area contributed by atoms with Gasteiger partial charge in [0.1, 0.15) is 5.75 Å². The predicted octanol–water partition coefficient (Wildman–Crippen LogP) is 4.38. The molecule has 1 heterocycles. The molecule has 4 rings (SSSR count). The molecule has 5 nitrogen and oxygen atoms in total. The van der Waals surface area contributed by atoms with Gasteiger partial charge in [0.15, 0.2) is 0 Å². The SMILES string of the molecule is COc1ccccc1CCNC(=O)c1ccc2c(c1)NC(=O)c1ccccc1S2. The number of rotatable bonds is 5. The summed E-state index contributed by atoms with van der Waals surface area (Å²) in [6.45, 7) is 0.489. The first kappa shape index (κ1) is 19.1. The van der Waals surface area contributed by atoms with Crippen LogP contribution < -0.4 is 15.4 Å². The summed E-state index contributed by atoms with van der Waals surface area (Å²) in [4.78, 5) is 26.9. The number of hydrogen-bond donors (Lipinski definition) is 2. The number of hydrogen-bond acceptors (Lipinski definition) is 4. The Bertz CT molecular complexity index is 1080. The molecule has 2 N–H and O–H groups in total. The molecule has 0 aromatic heterocycles.